The number of aromatic nitrogens is 3. The van der Waals surface area contributed by atoms with Gasteiger partial charge in [-0.25, -0.2) is 14.4 Å². The van der Waals surface area contributed by atoms with Crippen molar-refractivity contribution in [2.24, 2.45) is 0 Å². The Labute approximate surface area is 181 Å². The number of halogens is 1. The molecule has 1 aromatic carbocycles. The molecule has 0 aliphatic rings. The number of hydrogen-bond donors (Lipinski definition) is 1. The van der Waals surface area contributed by atoms with Crippen molar-refractivity contribution in [3.05, 3.63) is 94.5 Å². The molecule has 0 aliphatic heterocycles. The maximum absolute atomic E-state index is 13.1. The van der Waals surface area contributed by atoms with E-state index in [1.807, 2.05) is 17.5 Å². The fourth-order valence-corrected chi connectivity index (χ4v) is 4.40. The van der Waals surface area contributed by atoms with Crippen LogP contribution >= 0.6 is 23.1 Å². The summed E-state index contributed by atoms with van der Waals surface area (Å²) in [5.41, 5.74) is 3.33. The SMILES string of the molecule is O=C(NCc1nc(-c2ccncc2)cs1)c1cccnc1SCc1ccc(F)cc1. The minimum absolute atomic E-state index is 0.203. The summed E-state index contributed by atoms with van der Waals surface area (Å²) in [6.07, 6.45) is 5.11. The molecule has 0 spiro atoms. The van der Waals surface area contributed by atoms with E-state index in [0.29, 0.717) is 22.9 Å². The zero-order valence-electron chi connectivity index (χ0n) is 15.8. The standard InChI is InChI=1S/C22H17FN4OS2/c23-17-5-3-15(4-6-17)13-30-22-18(2-1-9-25-22)21(28)26-12-20-27-19(14-29-20)16-7-10-24-11-8-16/h1-11,14H,12-13H2,(H,26,28). The number of pyridine rings is 2. The van der Waals surface area contributed by atoms with Crippen molar-refractivity contribution in [1.29, 1.82) is 0 Å². The van der Waals surface area contributed by atoms with Crippen LogP contribution < -0.4 is 5.32 Å². The molecule has 0 aliphatic carbocycles. The van der Waals surface area contributed by atoms with Crippen LogP contribution in [0.1, 0.15) is 20.9 Å². The topological polar surface area (TPSA) is 67.8 Å². The summed E-state index contributed by atoms with van der Waals surface area (Å²) in [5.74, 6) is 0.126. The quantitative estimate of drug-likeness (QED) is 0.415. The molecule has 0 saturated heterocycles. The van der Waals surface area contributed by atoms with E-state index in [2.05, 4.69) is 20.3 Å². The average molecular weight is 437 g/mol. The fourth-order valence-electron chi connectivity index (χ4n) is 2.71. The van der Waals surface area contributed by atoms with Crippen LogP contribution in [0.2, 0.25) is 0 Å². The molecule has 5 nitrogen and oxygen atoms in total. The van der Waals surface area contributed by atoms with Crippen LogP contribution in [0.4, 0.5) is 4.39 Å². The van der Waals surface area contributed by atoms with Gasteiger partial charge in [0.2, 0.25) is 0 Å². The van der Waals surface area contributed by atoms with Crippen molar-refractivity contribution < 1.29 is 9.18 Å². The first-order valence-corrected chi connectivity index (χ1v) is 11.0. The number of thiazole rings is 1. The van der Waals surface area contributed by atoms with Gasteiger partial charge >= 0.3 is 0 Å². The van der Waals surface area contributed by atoms with Crippen LogP contribution in [0.3, 0.4) is 0 Å². The third kappa shape index (κ3) is 5.08. The summed E-state index contributed by atoms with van der Waals surface area (Å²) in [6, 6.07) is 13.6. The summed E-state index contributed by atoms with van der Waals surface area (Å²) in [4.78, 5) is 25.7. The molecule has 4 rings (SSSR count). The van der Waals surface area contributed by atoms with Gasteiger partial charge in [-0.1, -0.05) is 12.1 Å². The van der Waals surface area contributed by atoms with E-state index in [1.165, 1.54) is 35.2 Å². The highest BCUT2D eigenvalue weighted by Crippen LogP contribution is 2.25. The van der Waals surface area contributed by atoms with Gasteiger partial charge in [-0.2, -0.15) is 0 Å². The Hall–Kier alpha value is -3.10. The van der Waals surface area contributed by atoms with Gasteiger partial charge in [-0.3, -0.25) is 9.78 Å². The van der Waals surface area contributed by atoms with E-state index >= 15 is 0 Å². The van der Waals surface area contributed by atoms with Crippen LogP contribution in [0.15, 0.2) is 77.5 Å². The van der Waals surface area contributed by atoms with Crippen LogP contribution in [-0.2, 0) is 12.3 Å². The molecule has 30 heavy (non-hydrogen) atoms. The lowest BCUT2D eigenvalue weighted by molar-refractivity contribution is 0.0947. The van der Waals surface area contributed by atoms with Crippen LogP contribution in [-0.4, -0.2) is 20.9 Å². The minimum atomic E-state index is -0.268. The van der Waals surface area contributed by atoms with Crippen molar-refractivity contribution in [2.45, 2.75) is 17.3 Å². The first-order chi connectivity index (χ1) is 14.7. The maximum Gasteiger partial charge on any atom is 0.254 e. The van der Waals surface area contributed by atoms with Crippen LogP contribution in [0.5, 0.6) is 0 Å². The molecule has 0 atom stereocenters. The zero-order valence-corrected chi connectivity index (χ0v) is 17.4. The van der Waals surface area contributed by atoms with Gasteiger partial charge in [0.15, 0.2) is 0 Å². The fraction of sp³-hybridized carbons (Fsp3) is 0.0909. The van der Waals surface area contributed by atoms with Gasteiger partial charge in [0.05, 0.1) is 17.8 Å². The third-order valence-corrected chi connectivity index (χ3v) is 6.16. The van der Waals surface area contributed by atoms with Crippen molar-refractivity contribution in [3.63, 3.8) is 0 Å². The van der Waals surface area contributed by atoms with Gasteiger partial charge in [0.1, 0.15) is 15.9 Å². The van der Waals surface area contributed by atoms with Crippen molar-refractivity contribution in [3.8, 4) is 11.3 Å². The number of thioether (sulfide) groups is 1. The van der Waals surface area contributed by atoms with E-state index in [1.54, 1.807) is 42.9 Å². The molecule has 0 saturated carbocycles. The monoisotopic (exact) mass is 436 g/mol. The average Bonchev–Trinajstić information content (AvgIpc) is 3.27. The second-order valence-corrected chi connectivity index (χ2v) is 8.22. The summed E-state index contributed by atoms with van der Waals surface area (Å²) >= 11 is 2.94. The predicted octanol–water partition coefficient (Wildman–Crippen LogP) is 4.96. The summed E-state index contributed by atoms with van der Waals surface area (Å²) < 4.78 is 13.1. The molecule has 3 aromatic heterocycles. The molecule has 0 bridgehead atoms. The van der Waals surface area contributed by atoms with E-state index in [0.717, 1.165) is 21.8 Å². The smallest absolute Gasteiger partial charge is 0.254 e. The molecule has 0 fully saturated rings. The van der Waals surface area contributed by atoms with Gasteiger partial charge in [-0.05, 0) is 42.0 Å². The first kappa shape index (κ1) is 20.2. The number of rotatable bonds is 7. The molecular formula is C22H17FN4OS2. The molecule has 1 N–H and O–H groups in total. The normalized spacial score (nSPS) is 10.7. The van der Waals surface area contributed by atoms with E-state index in [-0.39, 0.29) is 11.7 Å². The van der Waals surface area contributed by atoms with Crippen LogP contribution in [0.25, 0.3) is 11.3 Å². The Kier molecular flexibility index (Phi) is 6.46. The van der Waals surface area contributed by atoms with E-state index in [4.69, 9.17) is 0 Å². The lowest BCUT2D eigenvalue weighted by Crippen LogP contribution is -2.23. The largest absolute Gasteiger partial charge is 0.345 e. The zero-order chi connectivity index (χ0) is 20.8. The molecule has 4 aromatic rings. The van der Waals surface area contributed by atoms with Gasteiger partial charge in [0.25, 0.3) is 5.91 Å². The second-order valence-electron chi connectivity index (χ2n) is 6.32. The van der Waals surface area contributed by atoms with Gasteiger partial charge < -0.3 is 5.32 Å². The van der Waals surface area contributed by atoms with E-state index < -0.39 is 0 Å². The highest BCUT2D eigenvalue weighted by Gasteiger charge is 2.14. The number of nitrogens with one attached hydrogen (secondary N) is 1. The Morgan fingerprint density at radius 1 is 1.07 bits per heavy atom. The van der Waals surface area contributed by atoms with Gasteiger partial charge in [-0.15, -0.1) is 23.1 Å². The second kappa shape index (κ2) is 9.60. The van der Waals surface area contributed by atoms with Crippen molar-refractivity contribution in [2.75, 3.05) is 0 Å². The number of carbonyl (C=O) groups excluding carboxylic acids is 1. The minimum Gasteiger partial charge on any atom is -0.345 e. The maximum atomic E-state index is 13.1. The van der Waals surface area contributed by atoms with Crippen LogP contribution in [0, 0.1) is 5.82 Å². The molecule has 1 amide bonds. The lowest BCUT2D eigenvalue weighted by atomic mass is 10.2. The van der Waals surface area contributed by atoms with Crippen molar-refractivity contribution >= 4 is 29.0 Å². The number of hydrogen-bond acceptors (Lipinski definition) is 6. The number of carbonyl (C=O) groups is 1. The molecule has 0 radical (unpaired) electrons. The highest BCUT2D eigenvalue weighted by atomic mass is 32.2. The highest BCUT2D eigenvalue weighted by molar-refractivity contribution is 7.98. The predicted molar refractivity (Wildman–Crippen MR) is 117 cm³/mol. The lowest BCUT2D eigenvalue weighted by Gasteiger charge is -2.08. The number of nitrogens with zero attached hydrogens (tertiary/aromatic N) is 3. The molecular weight excluding hydrogens is 419 g/mol. The Bertz CT molecular complexity index is 1130. The summed E-state index contributed by atoms with van der Waals surface area (Å²) in [7, 11) is 0. The molecule has 150 valence electrons. The molecule has 8 heteroatoms. The number of amides is 1. The third-order valence-electron chi connectivity index (χ3n) is 4.23. The summed E-state index contributed by atoms with van der Waals surface area (Å²) in [6.45, 7) is 0.339. The first-order valence-electron chi connectivity index (χ1n) is 9.14. The number of benzene rings is 1. The Morgan fingerprint density at radius 3 is 2.67 bits per heavy atom. The van der Waals surface area contributed by atoms with Gasteiger partial charge in [0, 0.05) is 35.3 Å². The van der Waals surface area contributed by atoms with E-state index in [9.17, 15) is 9.18 Å². The Morgan fingerprint density at radius 2 is 1.87 bits per heavy atom. The summed E-state index contributed by atoms with van der Waals surface area (Å²) in [5, 5.41) is 6.34. The molecule has 3 heterocycles. The van der Waals surface area contributed by atoms with Crippen molar-refractivity contribution in [1.82, 2.24) is 20.3 Å². The Balaban J connectivity index is 1.39. The molecule has 0 unspecified atom stereocenters.